The molecule has 1 aliphatic rings. The molecule has 3 unspecified atom stereocenters. The molecule has 0 aliphatic heterocycles. The van der Waals surface area contributed by atoms with Crippen LogP contribution in [0.25, 0.3) is 6.08 Å². The second-order valence-electron chi connectivity index (χ2n) is 8.24. The van der Waals surface area contributed by atoms with Gasteiger partial charge >= 0.3 is 0 Å². The van der Waals surface area contributed by atoms with Crippen LogP contribution < -0.4 is 5.32 Å². The Morgan fingerprint density at radius 1 is 1.32 bits per heavy atom. The molecule has 2 aromatic rings. The predicted octanol–water partition coefficient (Wildman–Crippen LogP) is 4.47. The largest absolute Gasteiger partial charge is 0.354 e. The fourth-order valence-corrected chi connectivity index (χ4v) is 4.55. The topological polar surface area (TPSA) is 85.4 Å². The molecule has 7 heteroatoms. The summed E-state index contributed by atoms with van der Waals surface area (Å²) < 4.78 is 20.5. The molecule has 0 radical (unpaired) electrons. The first-order valence-corrected chi connectivity index (χ1v) is 12.1. The summed E-state index contributed by atoms with van der Waals surface area (Å²) in [7, 11) is 0. The van der Waals surface area contributed by atoms with Crippen molar-refractivity contribution >= 4 is 23.1 Å². The lowest BCUT2D eigenvalue weighted by Crippen LogP contribution is -2.46. The van der Waals surface area contributed by atoms with Gasteiger partial charge in [0.1, 0.15) is 5.69 Å². The SMILES string of the molecule is CCN(C(=O)c1cc(/C=C(\C)S(=O)O)c(C)[nH]1)C1CCCC(NCc2ccccc2)C1. The number of H-pyrrole nitrogens is 1. The smallest absolute Gasteiger partial charge is 0.270 e. The number of aromatic amines is 1. The Kier molecular flexibility index (Phi) is 8.23. The minimum atomic E-state index is -2.01. The molecule has 3 rings (SSSR count). The molecule has 1 heterocycles. The van der Waals surface area contributed by atoms with E-state index < -0.39 is 11.1 Å². The fraction of sp³-hybridized carbons (Fsp3) is 0.458. The Labute approximate surface area is 187 Å². The summed E-state index contributed by atoms with van der Waals surface area (Å²) in [4.78, 5) is 18.8. The second-order valence-corrected chi connectivity index (χ2v) is 9.38. The van der Waals surface area contributed by atoms with Gasteiger partial charge in [0.05, 0.1) is 0 Å². The normalized spacial score (nSPS) is 20.5. The van der Waals surface area contributed by atoms with Crippen LogP contribution in [-0.4, -0.2) is 43.2 Å². The van der Waals surface area contributed by atoms with Gasteiger partial charge in [-0.1, -0.05) is 30.3 Å². The van der Waals surface area contributed by atoms with Gasteiger partial charge in [-0.2, -0.15) is 0 Å². The number of hydrogen-bond acceptors (Lipinski definition) is 3. The number of carbonyl (C=O) groups excluding carboxylic acids is 1. The number of rotatable bonds is 8. The Bertz CT molecular complexity index is 939. The number of hydrogen-bond donors (Lipinski definition) is 3. The third-order valence-electron chi connectivity index (χ3n) is 6.05. The number of benzene rings is 1. The first-order chi connectivity index (χ1) is 14.9. The first-order valence-electron chi connectivity index (χ1n) is 11.0. The van der Waals surface area contributed by atoms with Crippen LogP contribution in [0, 0.1) is 6.92 Å². The van der Waals surface area contributed by atoms with Crippen LogP contribution in [0.2, 0.25) is 0 Å². The van der Waals surface area contributed by atoms with E-state index in [9.17, 15) is 13.6 Å². The van der Waals surface area contributed by atoms with Crippen molar-refractivity contribution in [3.63, 3.8) is 0 Å². The second kappa shape index (κ2) is 10.9. The van der Waals surface area contributed by atoms with Crippen LogP contribution in [-0.2, 0) is 17.6 Å². The van der Waals surface area contributed by atoms with E-state index in [2.05, 4.69) is 34.6 Å². The predicted molar refractivity (Wildman–Crippen MR) is 126 cm³/mol. The van der Waals surface area contributed by atoms with Crippen molar-refractivity contribution in [2.24, 2.45) is 0 Å². The number of nitrogens with zero attached hydrogens (tertiary/aromatic N) is 1. The minimum absolute atomic E-state index is 0.0123. The Balaban J connectivity index is 1.67. The van der Waals surface area contributed by atoms with Crippen molar-refractivity contribution in [2.45, 2.75) is 65.1 Å². The molecule has 1 aromatic carbocycles. The van der Waals surface area contributed by atoms with Crippen molar-refractivity contribution in [1.82, 2.24) is 15.2 Å². The molecular formula is C24H33N3O3S. The summed E-state index contributed by atoms with van der Waals surface area (Å²) >= 11 is -2.01. The van der Waals surface area contributed by atoms with Crippen LogP contribution in [0.1, 0.15) is 66.8 Å². The highest BCUT2D eigenvalue weighted by atomic mass is 32.2. The number of nitrogens with one attached hydrogen (secondary N) is 2. The maximum atomic E-state index is 13.3. The van der Waals surface area contributed by atoms with E-state index in [1.165, 1.54) is 5.56 Å². The molecule has 1 fully saturated rings. The lowest BCUT2D eigenvalue weighted by Gasteiger charge is -2.37. The van der Waals surface area contributed by atoms with Gasteiger partial charge in [0, 0.05) is 35.8 Å². The van der Waals surface area contributed by atoms with E-state index >= 15 is 0 Å². The van der Waals surface area contributed by atoms with Crippen LogP contribution in [0.15, 0.2) is 41.3 Å². The molecule has 3 N–H and O–H groups in total. The van der Waals surface area contributed by atoms with Gasteiger partial charge in [0.2, 0.25) is 0 Å². The molecule has 168 valence electrons. The highest BCUT2D eigenvalue weighted by molar-refractivity contribution is 7.83. The van der Waals surface area contributed by atoms with Gasteiger partial charge in [-0.25, -0.2) is 4.21 Å². The monoisotopic (exact) mass is 443 g/mol. The summed E-state index contributed by atoms with van der Waals surface area (Å²) in [6.45, 7) is 6.99. The summed E-state index contributed by atoms with van der Waals surface area (Å²) in [6, 6.07) is 12.8. The standard InChI is InChI=1S/C24H33N3O3S/c1-4-27(24(28)23-14-20(18(3)26-23)13-17(2)31(29)30)22-12-8-11-21(15-22)25-16-19-9-6-5-7-10-19/h5-7,9-10,13-14,21-22,25-26H,4,8,11-12,15-16H2,1-3H3,(H,29,30)/b17-13+. The van der Waals surface area contributed by atoms with Gasteiger partial charge in [0.25, 0.3) is 5.91 Å². The van der Waals surface area contributed by atoms with E-state index in [4.69, 9.17) is 0 Å². The van der Waals surface area contributed by atoms with Crippen LogP contribution in [0.3, 0.4) is 0 Å². The van der Waals surface area contributed by atoms with E-state index in [1.54, 1.807) is 19.1 Å². The van der Waals surface area contributed by atoms with Crippen molar-refractivity contribution in [1.29, 1.82) is 0 Å². The zero-order valence-corrected chi connectivity index (χ0v) is 19.4. The van der Waals surface area contributed by atoms with Crippen LogP contribution in [0.5, 0.6) is 0 Å². The molecule has 0 bridgehead atoms. The number of aryl methyl sites for hydroxylation is 1. The molecule has 1 saturated carbocycles. The number of amides is 1. The van der Waals surface area contributed by atoms with Crippen molar-refractivity contribution in [3.05, 3.63) is 63.8 Å². The molecule has 6 nitrogen and oxygen atoms in total. The molecule has 31 heavy (non-hydrogen) atoms. The van der Waals surface area contributed by atoms with Gasteiger partial charge in [0.15, 0.2) is 11.1 Å². The lowest BCUT2D eigenvalue weighted by atomic mass is 9.89. The fourth-order valence-electron chi connectivity index (χ4n) is 4.32. The number of allylic oxidation sites excluding steroid dienone is 1. The quantitative estimate of drug-likeness (QED) is 0.526. The van der Waals surface area contributed by atoms with Crippen LogP contribution >= 0.6 is 0 Å². The molecule has 3 atom stereocenters. The van der Waals surface area contributed by atoms with Gasteiger partial charge in [-0.05, 0) is 69.7 Å². The Morgan fingerprint density at radius 3 is 2.74 bits per heavy atom. The van der Waals surface area contributed by atoms with Crippen molar-refractivity contribution < 1.29 is 13.6 Å². The summed E-state index contributed by atoms with van der Waals surface area (Å²) in [6.07, 6.45) is 5.84. The van der Waals surface area contributed by atoms with Gasteiger partial charge in [-0.3, -0.25) is 4.79 Å². The summed E-state index contributed by atoms with van der Waals surface area (Å²) in [5, 5.41) is 3.66. The van der Waals surface area contributed by atoms with E-state index in [1.807, 2.05) is 24.8 Å². The molecule has 1 aliphatic carbocycles. The van der Waals surface area contributed by atoms with Gasteiger partial charge in [-0.15, -0.1) is 0 Å². The maximum Gasteiger partial charge on any atom is 0.270 e. The lowest BCUT2D eigenvalue weighted by molar-refractivity contribution is 0.0622. The molecule has 0 saturated heterocycles. The van der Waals surface area contributed by atoms with E-state index in [0.717, 1.165) is 43.5 Å². The number of carbonyl (C=O) groups is 1. The van der Waals surface area contributed by atoms with E-state index in [0.29, 0.717) is 23.2 Å². The van der Waals surface area contributed by atoms with Crippen molar-refractivity contribution in [3.8, 4) is 0 Å². The zero-order chi connectivity index (χ0) is 22.4. The highest BCUT2D eigenvalue weighted by Gasteiger charge is 2.30. The number of aromatic nitrogens is 1. The zero-order valence-electron chi connectivity index (χ0n) is 18.6. The average molecular weight is 444 g/mol. The third kappa shape index (κ3) is 6.15. The first kappa shape index (κ1) is 23.4. The van der Waals surface area contributed by atoms with Gasteiger partial charge < -0.3 is 19.8 Å². The Morgan fingerprint density at radius 2 is 2.06 bits per heavy atom. The maximum absolute atomic E-state index is 13.3. The summed E-state index contributed by atoms with van der Waals surface area (Å²) in [5.41, 5.74) is 3.39. The van der Waals surface area contributed by atoms with E-state index in [-0.39, 0.29) is 11.9 Å². The molecule has 1 amide bonds. The molecular weight excluding hydrogens is 410 g/mol. The molecule has 1 aromatic heterocycles. The molecule has 0 spiro atoms. The van der Waals surface area contributed by atoms with Crippen LogP contribution in [0.4, 0.5) is 0 Å². The highest BCUT2D eigenvalue weighted by Crippen LogP contribution is 2.26. The third-order valence-corrected chi connectivity index (χ3v) is 6.71. The average Bonchev–Trinajstić information content (AvgIpc) is 3.14. The Hall–Kier alpha value is -2.22. The van der Waals surface area contributed by atoms with Crippen molar-refractivity contribution in [2.75, 3.05) is 6.54 Å². The summed E-state index contributed by atoms with van der Waals surface area (Å²) in [5.74, 6) is -0.0123. The minimum Gasteiger partial charge on any atom is -0.354 e.